The summed E-state index contributed by atoms with van der Waals surface area (Å²) in [4.78, 5) is 8.28. The van der Waals surface area contributed by atoms with Crippen LogP contribution in [0.1, 0.15) is 17.2 Å². The molecular formula is C20H18N2O3. The molecule has 25 heavy (non-hydrogen) atoms. The van der Waals surface area contributed by atoms with Crippen LogP contribution in [-0.4, -0.2) is 21.7 Å². The van der Waals surface area contributed by atoms with E-state index in [-0.39, 0.29) is 5.92 Å². The van der Waals surface area contributed by atoms with E-state index < -0.39 is 6.10 Å². The van der Waals surface area contributed by atoms with Crippen molar-refractivity contribution in [3.8, 4) is 17.4 Å². The fourth-order valence-corrected chi connectivity index (χ4v) is 3.01. The lowest BCUT2D eigenvalue weighted by molar-refractivity contribution is 0.0505. The first-order valence-corrected chi connectivity index (χ1v) is 8.22. The van der Waals surface area contributed by atoms with Gasteiger partial charge in [-0.25, -0.2) is 4.98 Å². The van der Waals surface area contributed by atoms with Crippen LogP contribution in [0.4, 0.5) is 0 Å². The Kier molecular flexibility index (Phi) is 4.31. The number of aliphatic hydroxyl groups excluding tert-OH is 1. The van der Waals surface area contributed by atoms with Gasteiger partial charge in [-0.15, -0.1) is 0 Å². The van der Waals surface area contributed by atoms with Crippen LogP contribution >= 0.6 is 0 Å². The minimum absolute atomic E-state index is 0.0261. The molecule has 0 spiro atoms. The number of ether oxygens (including phenoxy) is 2. The van der Waals surface area contributed by atoms with Crippen LogP contribution in [0.3, 0.4) is 0 Å². The van der Waals surface area contributed by atoms with Gasteiger partial charge in [-0.3, -0.25) is 4.98 Å². The first kappa shape index (κ1) is 15.6. The summed E-state index contributed by atoms with van der Waals surface area (Å²) in [6, 6.07) is 14.9. The summed E-state index contributed by atoms with van der Waals surface area (Å²) in [6.07, 6.45) is 5.34. The molecule has 0 amide bonds. The molecular weight excluding hydrogens is 316 g/mol. The maximum atomic E-state index is 10.8. The Balaban J connectivity index is 1.55. The molecule has 126 valence electrons. The minimum atomic E-state index is -0.615. The van der Waals surface area contributed by atoms with Crippen LogP contribution in [-0.2, 0) is 6.42 Å². The molecule has 0 fully saturated rings. The van der Waals surface area contributed by atoms with Gasteiger partial charge in [0, 0.05) is 36.1 Å². The lowest BCUT2D eigenvalue weighted by atomic mass is 9.88. The second-order valence-corrected chi connectivity index (χ2v) is 6.05. The standard InChI is InChI=1S/C20H18N2O3/c23-20-15(10-14-4-3-8-21-12-14)13-24-18-7-6-16(11-17(18)20)25-19-5-1-2-9-22-19/h1-9,11-12,15,20,23H,10,13H2/t15-,20-/m0/s1. The average molecular weight is 334 g/mol. The molecule has 0 saturated heterocycles. The Bertz CT molecular complexity index is 840. The van der Waals surface area contributed by atoms with Crippen molar-refractivity contribution >= 4 is 0 Å². The van der Waals surface area contributed by atoms with Crippen LogP contribution in [0.15, 0.2) is 67.1 Å². The van der Waals surface area contributed by atoms with Gasteiger partial charge in [0.05, 0.1) is 12.7 Å². The summed E-state index contributed by atoms with van der Waals surface area (Å²) in [6.45, 7) is 0.476. The monoisotopic (exact) mass is 334 g/mol. The van der Waals surface area contributed by atoms with Gasteiger partial charge < -0.3 is 14.6 Å². The predicted octanol–water partition coefficient (Wildman–Crippen LogP) is 3.55. The van der Waals surface area contributed by atoms with Gasteiger partial charge in [-0.2, -0.15) is 0 Å². The van der Waals surface area contributed by atoms with E-state index in [0.29, 0.717) is 30.4 Å². The van der Waals surface area contributed by atoms with E-state index >= 15 is 0 Å². The summed E-state index contributed by atoms with van der Waals surface area (Å²) in [5, 5.41) is 10.8. The quantitative estimate of drug-likeness (QED) is 0.790. The summed E-state index contributed by atoms with van der Waals surface area (Å²) >= 11 is 0. The van der Waals surface area contributed by atoms with Gasteiger partial charge in [0.15, 0.2) is 0 Å². The first-order chi connectivity index (χ1) is 12.3. The Morgan fingerprint density at radius 3 is 2.88 bits per heavy atom. The number of fused-ring (bicyclic) bond motifs is 1. The van der Waals surface area contributed by atoms with Crippen LogP contribution in [0, 0.1) is 5.92 Å². The van der Waals surface area contributed by atoms with Gasteiger partial charge in [0.2, 0.25) is 5.88 Å². The SMILES string of the molecule is O[C@@H]1c2cc(Oc3ccccn3)ccc2OC[C@@H]1Cc1cccnc1. The Morgan fingerprint density at radius 2 is 2.08 bits per heavy atom. The van der Waals surface area contributed by atoms with Crippen LogP contribution in [0.5, 0.6) is 17.4 Å². The highest BCUT2D eigenvalue weighted by molar-refractivity contribution is 5.44. The number of nitrogens with zero attached hydrogens (tertiary/aromatic N) is 2. The molecule has 2 aromatic heterocycles. The molecule has 0 saturated carbocycles. The zero-order valence-corrected chi connectivity index (χ0v) is 13.6. The molecule has 1 aliphatic heterocycles. The van der Waals surface area contributed by atoms with Gasteiger partial charge in [-0.1, -0.05) is 12.1 Å². The number of hydrogen-bond donors (Lipinski definition) is 1. The third kappa shape index (κ3) is 3.46. The molecule has 4 rings (SSSR count). The molecule has 0 bridgehead atoms. The van der Waals surface area contributed by atoms with Crippen molar-refractivity contribution in [2.75, 3.05) is 6.61 Å². The highest BCUT2D eigenvalue weighted by Crippen LogP contribution is 2.39. The minimum Gasteiger partial charge on any atom is -0.493 e. The first-order valence-electron chi connectivity index (χ1n) is 8.22. The molecule has 0 radical (unpaired) electrons. The molecule has 3 heterocycles. The number of benzene rings is 1. The normalized spacial score (nSPS) is 18.9. The number of pyridine rings is 2. The summed E-state index contributed by atoms with van der Waals surface area (Å²) < 4.78 is 11.6. The van der Waals surface area contributed by atoms with E-state index in [1.165, 1.54) is 0 Å². The Labute approximate surface area is 145 Å². The topological polar surface area (TPSA) is 64.5 Å². The van der Waals surface area contributed by atoms with Crippen molar-refractivity contribution in [1.82, 2.24) is 9.97 Å². The smallest absolute Gasteiger partial charge is 0.219 e. The molecule has 1 aromatic carbocycles. The van der Waals surface area contributed by atoms with E-state index in [0.717, 1.165) is 11.1 Å². The van der Waals surface area contributed by atoms with Crippen LogP contribution in [0.25, 0.3) is 0 Å². The number of hydrogen-bond acceptors (Lipinski definition) is 5. The summed E-state index contributed by atoms with van der Waals surface area (Å²) in [5.74, 6) is 1.81. The van der Waals surface area contributed by atoms with Gasteiger partial charge in [0.25, 0.3) is 0 Å². The zero-order valence-electron chi connectivity index (χ0n) is 13.6. The number of aliphatic hydroxyl groups is 1. The highest BCUT2D eigenvalue weighted by atomic mass is 16.5. The van der Waals surface area contributed by atoms with Crippen LogP contribution < -0.4 is 9.47 Å². The molecule has 0 aliphatic carbocycles. The fourth-order valence-electron chi connectivity index (χ4n) is 3.01. The third-order valence-corrected chi connectivity index (χ3v) is 4.28. The summed E-state index contributed by atoms with van der Waals surface area (Å²) in [7, 11) is 0. The molecule has 5 nitrogen and oxygen atoms in total. The van der Waals surface area contributed by atoms with Crippen molar-refractivity contribution in [3.63, 3.8) is 0 Å². The van der Waals surface area contributed by atoms with E-state index in [9.17, 15) is 5.11 Å². The second kappa shape index (κ2) is 6.91. The average Bonchev–Trinajstić information content (AvgIpc) is 2.66. The number of aromatic nitrogens is 2. The predicted molar refractivity (Wildman–Crippen MR) is 92.6 cm³/mol. The van der Waals surface area contributed by atoms with Crippen molar-refractivity contribution in [2.45, 2.75) is 12.5 Å². The van der Waals surface area contributed by atoms with Crippen molar-refractivity contribution < 1.29 is 14.6 Å². The van der Waals surface area contributed by atoms with E-state index in [1.54, 1.807) is 18.5 Å². The highest BCUT2D eigenvalue weighted by Gasteiger charge is 2.30. The molecule has 1 aliphatic rings. The zero-order chi connectivity index (χ0) is 17.1. The molecule has 2 atom stereocenters. The number of rotatable bonds is 4. The van der Waals surface area contributed by atoms with E-state index in [2.05, 4.69) is 9.97 Å². The van der Waals surface area contributed by atoms with Gasteiger partial charge >= 0.3 is 0 Å². The third-order valence-electron chi connectivity index (χ3n) is 4.28. The van der Waals surface area contributed by atoms with Gasteiger partial charge in [0.1, 0.15) is 11.5 Å². The lowest BCUT2D eigenvalue weighted by Crippen LogP contribution is -2.27. The largest absolute Gasteiger partial charge is 0.493 e. The molecule has 3 aromatic rings. The van der Waals surface area contributed by atoms with Crippen molar-refractivity contribution in [3.05, 3.63) is 78.2 Å². The Hall–Kier alpha value is -2.92. The maximum absolute atomic E-state index is 10.8. The maximum Gasteiger partial charge on any atom is 0.219 e. The fraction of sp³-hybridized carbons (Fsp3) is 0.200. The van der Waals surface area contributed by atoms with E-state index in [1.807, 2.05) is 48.7 Å². The van der Waals surface area contributed by atoms with E-state index in [4.69, 9.17) is 9.47 Å². The van der Waals surface area contributed by atoms with Crippen molar-refractivity contribution in [2.24, 2.45) is 5.92 Å². The molecule has 1 N–H and O–H groups in total. The molecule has 5 heteroatoms. The van der Waals surface area contributed by atoms with Gasteiger partial charge in [-0.05, 0) is 42.3 Å². The summed E-state index contributed by atoms with van der Waals surface area (Å²) in [5.41, 5.74) is 1.83. The molecule has 0 unspecified atom stereocenters. The van der Waals surface area contributed by atoms with Crippen LogP contribution in [0.2, 0.25) is 0 Å². The van der Waals surface area contributed by atoms with Crippen molar-refractivity contribution in [1.29, 1.82) is 0 Å². The Morgan fingerprint density at radius 1 is 1.12 bits per heavy atom. The lowest BCUT2D eigenvalue weighted by Gasteiger charge is -2.30. The second-order valence-electron chi connectivity index (χ2n) is 6.05.